The standard InChI is InChI=1S/C22H24ClN3O4/c1-4-30-17-6-5-15(13-16(17)23)20(27)18-19(14-7-9-24-10-8-14)26(12-11-25(2)3)22(29)21(18)28/h5-10,13,19,27H,4,11-12H2,1-3H3. The third-order valence-corrected chi connectivity index (χ3v) is 5.19. The number of likely N-dealkylation sites (N-methyl/N-ethyl adjacent to an activating group) is 1. The van der Waals surface area contributed by atoms with Crippen LogP contribution in [-0.4, -0.2) is 55.4 Å². The Hall–Kier alpha value is -2.90. The molecule has 1 fully saturated rings. The molecule has 1 aliphatic heterocycles. The maximum Gasteiger partial charge on any atom is 0.295 e. The van der Waals surface area contributed by atoms with Crippen LogP contribution in [0.15, 0.2) is 48.3 Å². The van der Waals surface area contributed by atoms with Crippen molar-refractivity contribution in [3.8, 4) is 5.75 Å². The number of halogens is 1. The SMILES string of the molecule is CCOc1ccc(C([O-])=C2C(=O)C(=O)N(CC[NH+](C)C)C2c2ccncc2)cc1Cl. The zero-order valence-electron chi connectivity index (χ0n) is 17.1. The summed E-state index contributed by atoms with van der Waals surface area (Å²) in [5.41, 5.74) is 0.831. The van der Waals surface area contributed by atoms with E-state index in [-0.39, 0.29) is 16.2 Å². The first-order valence-corrected chi connectivity index (χ1v) is 10.1. The third kappa shape index (κ3) is 4.32. The number of benzene rings is 1. The van der Waals surface area contributed by atoms with Crippen LogP contribution >= 0.6 is 11.6 Å². The minimum absolute atomic E-state index is 0.0693. The van der Waals surface area contributed by atoms with Gasteiger partial charge in [0.25, 0.3) is 5.91 Å². The number of rotatable bonds is 7. The minimum atomic E-state index is -0.777. The predicted molar refractivity (Wildman–Crippen MR) is 111 cm³/mol. The Kier molecular flexibility index (Phi) is 6.74. The van der Waals surface area contributed by atoms with Crippen LogP contribution in [0.4, 0.5) is 0 Å². The second-order valence-electron chi connectivity index (χ2n) is 7.29. The number of nitrogens with one attached hydrogen (secondary N) is 1. The molecular formula is C22H24ClN3O4. The highest BCUT2D eigenvalue weighted by molar-refractivity contribution is 6.46. The van der Waals surface area contributed by atoms with E-state index in [4.69, 9.17) is 16.3 Å². The number of pyridine rings is 1. The van der Waals surface area contributed by atoms with E-state index in [1.165, 1.54) is 11.0 Å². The van der Waals surface area contributed by atoms with Crippen molar-refractivity contribution < 1.29 is 24.3 Å². The lowest BCUT2D eigenvalue weighted by Gasteiger charge is -2.27. The van der Waals surface area contributed by atoms with Gasteiger partial charge < -0.3 is 19.6 Å². The van der Waals surface area contributed by atoms with Crippen LogP contribution in [0, 0.1) is 0 Å². The van der Waals surface area contributed by atoms with Crippen LogP contribution in [0.25, 0.3) is 5.76 Å². The predicted octanol–water partition coefficient (Wildman–Crippen LogP) is 0.502. The van der Waals surface area contributed by atoms with Crippen molar-refractivity contribution in [1.82, 2.24) is 9.88 Å². The van der Waals surface area contributed by atoms with E-state index in [2.05, 4.69) is 4.98 Å². The molecule has 0 radical (unpaired) electrons. The van der Waals surface area contributed by atoms with E-state index in [1.807, 2.05) is 21.0 Å². The van der Waals surface area contributed by atoms with Crippen molar-refractivity contribution in [2.45, 2.75) is 13.0 Å². The van der Waals surface area contributed by atoms with Crippen molar-refractivity contribution in [2.24, 2.45) is 0 Å². The number of nitrogens with zero attached hydrogens (tertiary/aromatic N) is 2. The normalized spacial score (nSPS) is 18.3. The number of hydrogen-bond acceptors (Lipinski definition) is 5. The molecule has 7 nitrogen and oxygen atoms in total. The maximum absolute atomic E-state index is 13.3. The molecule has 8 heteroatoms. The van der Waals surface area contributed by atoms with Crippen molar-refractivity contribution >= 4 is 29.1 Å². The molecule has 1 atom stereocenters. The van der Waals surface area contributed by atoms with Crippen molar-refractivity contribution in [3.05, 3.63) is 64.4 Å². The van der Waals surface area contributed by atoms with Gasteiger partial charge in [0, 0.05) is 18.0 Å². The van der Waals surface area contributed by atoms with Crippen LogP contribution in [0.2, 0.25) is 5.02 Å². The molecule has 30 heavy (non-hydrogen) atoms. The van der Waals surface area contributed by atoms with Crippen molar-refractivity contribution in [2.75, 3.05) is 33.8 Å². The number of quaternary nitrogens is 1. The van der Waals surface area contributed by atoms with Gasteiger partial charge in [-0.2, -0.15) is 0 Å². The first kappa shape index (κ1) is 21.8. The Morgan fingerprint density at radius 2 is 1.93 bits per heavy atom. The fraction of sp³-hybridized carbons (Fsp3) is 0.318. The highest BCUT2D eigenvalue weighted by Crippen LogP contribution is 2.39. The average molecular weight is 430 g/mol. The smallest absolute Gasteiger partial charge is 0.295 e. The number of Topliss-reactive ketones (excluding diaryl/α,β-unsaturated/α-hetero) is 1. The van der Waals surface area contributed by atoms with Gasteiger partial charge in [-0.25, -0.2) is 0 Å². The fourth-order valence-corrected chi connectivity index (χ4v) is 3.64. The first-order valence-electron chi connectivity index (χ1n) is 9.73. The summed E-state index contributed by atoms with van der Waals surface area (Å²) in [4.78, 5) is 32.3. The Morgan fingerprint density at radius 3 is 2.53 bits per heavy atom. The highest BCUT2D eigenvalue weighted by Gasteiger charge is 2.44. The fourth-order valence-electron chi connectivity index (χ4n) is 3.41. The summed E-state index contributed by atoms with van der Waals surface area (Å²) in [7, 11) is 3.92. The summed E-state index contributed by atoms with van der Waals surface area (Å²) in [5.74, 6) is -1.50. The number of likely N-dealkylation sites (tertiary alicyclic amines) is 1. The lowest BCUT2D eigenvalue weighted by Crippen LogP contribution is -3.06. The molecule has 0 aliphatic carbocycles. The van der Waals surface area contributed by atoms with Crippen molar-refractivity contribution in [1.29, 1.82) is 0 Å². The van der Waals surface area contributed by atoms with Gasteiger partial charge in [-0.3, -0.25) is 14.6 Å². The number of ketones is 1. The summed E-state index contributed by atoms with van der Waals surface area (Å²) >= 11 is 6.23. The number of aromatic nitrogens is 1. The zero-order chi connectivity index (χ0) is 21.8. The lowest BCUT2D eigenvalue weighted by atomic mass is 9.96. The Labute approximate surface area is 180 Å². The monoisotopic (exact) mass is 429 g/mol. The molecule has 0 saturated carbocycles. The van der Waals surface area contributed by atoms with Gasteiger partial charge in [0.1, 0.15) is 5.75 Å². The van der Waals surface area contributed by atoms with Crippen LogP contribution in [0.5, 0.6) is 5.75 Å². The molecular weight excluding hydrogens is 406 g/mol. The molecule has 158 valence electrons. The minimum Gasteiger partial charge on any atom is -0.872 e. The van der Waals surface area contributed by atoms with Crippen molar-refractivity contribution in [3.63, 3.8) is 0 Å². The Bertz CT molecular complexity index is 976. The average Bonchev–Trinajstić information content (AvgIpc) is 2.98. The molecule has 2 heterocycles. The highest BCUT2D eigenvalue weighted by atomic mass is 35.5. The zero-order valence-corrected chi connectivity index (χ0v) is 17.9. The van der Waals surface area contributed by atoms with E-state index in [0.29, 0.717) is 31.0 Å². The maximum atomic E-state index is 13.3. The summed E-state index contributed by atoms with van der Waals surface area (Å²) in [5, 5.41) is 13.6. The van der Waals surface area contributed by atoms with Gasteiger partial charge in [-0.15, -0.1) is 0 Å². The molecule has 1 unspecified atom stereocenters. The quantitative estimate of drug-likeness (QED) is 0.393. The molecule has 3 rings (SSSR count). The van der Waals surface area contributed by atoms with Crippen LogP contribution < -0.4 is 14.7 Å². The molecule has 1 N–H and O–H groups in total. The molecule has 2 aromatic rings. The molecule has 0 bridgehead atoms. The summed E-state index contributed by atoms with van der Waals surface area (Å²) in [6.45, 7) is 3.25. The number of carbonyl (C=O) groups is 2. The lowest BCUT2D eigenvalue weighted by molar-refractivity contribution is -0.857. The number of ether oxygens (including phenoxy) is 1. The third-order valence-electron chi connectivity index (χ3n) is 4.90. The number of hydrogen-bond donors (Lipinski definition) is 1. The topological polar surface area (TPSA) is 87.0 Å². The number of amides is 1. The molecule has 1 aromatic heterocycles. The molecule has 1 saturated heterocycles. The van der Waals surface area contributed by atoms with Crippen LogP contribution in [-0.2, 0) is 9.59 Å². The van der Waals surface area contributed by atoms with Crippen LogP contribution in [0.3, 0.4) is 0 Å². The largest absolute Gasteiger partial charge is 0.872 e. The summed E-state index contributed by atoms with van der Waals surface area (Å²) in [6, 6.07) is 7.28. The summed E-state index contributed by atoms with van der Waals surface area (Å²) in [6.07, 6.45) is 3.15. The molecule has 1 aliphatic rings. The Balaban J connectivity index is 2.10. The van der Waals surface area contributed by atoms with Gasteiger partial charge in [-0.05, 0) is 42.3 Å². The van der Waals surface area contributed by atoms with E-state index >= 15 is 0 Å². The van der Waals surface area contributed by atoms with Gasteiger partial charge in [0.2, 0.25) is 5.78 Å². The summed E-state index contributed by atoms with van der Waals surface area (Å²) < 4.78 is 5.41. The molecule has 0 spiro atoms. The van der Waals surface area contributed by atoms with Gasteiger partial charge in [0.05, 0.1) is 44.9 Å². The van der Waals surface area contributed by atoms with Gasteiger partial charge >= 0.3 is 0 Å². The second-order valence-corrected chi connectivity index (χ2v) is 7.70. The Morgan fingerprint density at radius 1 is 1.23 bits per heavy atom. The number of carbonyl (C=O) groups excluding carboxylic acids is 2. The molecule has 1 amide bonds. The first-order chi connectivity index (χ1) is 14.3. The van der Waals surface area contributed by atoms with E-state index in [0.717, 1.165) is 4.90 Å². The molecule has 1 aromatic carbocycles. The van der Waals surface area contributed by atoms with E-state index in [1.54, 1.807) is 36.7 Å². The second kappa shape index (κ2) is 9.28. The van der Waals surface area contributed by atoms with Gasteiger partial charge in [-0.1, -0.05) is 23.4 Å². The van der Waals surface area contributed by atoms with Gasteiger partial charge in [0.15, 0.2) is 0 Å². The van der Waals surface area contributed by atoms with E-state index < -0.39 is 23.5 Å². The van der Waals surface area contributed by atoms with E-state index in [9.17, 15) is 14.7 Å². The van der Waals surface area contributed by atoms with Crippen LogP contribution in [0.1, 0.15) is 24.1 Å².